The molecule has 1 fully saturated rings. The van der Waals surface area contributed by atoms with Crippen LogP contribution in [0.1, 0.15) is 28.8 Å². The summed E-state index contributed by atoms with van der Waals surface area (Å²) in [6.07, 6.45) is 2.77. The molecule has 0 bridgehead atoms. The van der Waals surface area contributed by atoms with Gasteiger partial charge in [-0.1, -0.05) is 12.1 Å². The zero-order valence-electron chi connectivity index (χ0n) is 9.59. The summed E-state index contributed by atoms with van der Waals surface area (Å²) in [5, 5.41) is 8.77. The quantitative estimate of drug-likeness (QED) is 0.875. The smallest absolute Gasteiger partial charge is 0.335 e. The van der Waals surface area contributed by atoms with Crippen LogP contribution < -0.4 is 0 Å². The van der Waals surface area contributed by atoms with Crippen LogP contribution in [0, 0.1) is 0 Å². The van der Waals surface area contributed by atoms with Gasteiger partial charge in [-0.15, -0.1) is 0 Å². The molecule has 1 unspecified atom stereocenters. The number of hydrogen-bond donors (Lipinski definition) is 1. The molecule has 17 heavy (non-hydrogen) atoms. The van der Waals surface area contributed by atoms with Crippen molar-refractivity contribution in [2.24, 2.45) is 0 Å². The predicted octanol–water partition coefficient (Wildman–Crippen LogP) is 2.80. The second-order valence-electron chi connectivity index (χ2n) is 4.15. The van der Waals surface area contributed by atoms with Gasteiger partial charge < -0.3 is 9.84 Å². The number of benzene rings is 1. The van der Waals surface area contributed by atoms with E-state index < -0.39 is 5.97 Å². The van der Waals surface area contributed by atoms with Gasteiger partial charge in [0, 0.05) is 18.1 Å². The van der Waals surface area contributed by atoms with E-state index in [1.807, 2.05) is 23.9 Å². The Balaban J connectivity index is 1.76. The maximum atomic E-state index is 10.7. The number of carboxylic acids is 1. The van der Waals surface area contributed by atoms with E-state index in [0.717, 1.165) is 23.7 Å². The predicted molar refractivity (Wildman–Crippen MR) is 68.5 cm³/mol. The Kier molecular flexibility index (Phi) is 4.45. The molecule has 1 N–H and O–H groups in total. The highest BCUT2D eigenvalue weighted by molar-refractivity contribution is 7.98. The fourth-order valence-electron chi connectivity index (χ4n) is 1.83. The highest BCUT2D eigenvalue weighted by atomic mass is 32.2. The molecule has 1 aliphatic heterocycles. The number of ether oxygens (including phenoxy) is 1. The van der Waals surface area contributed by atoms with Gasteiger partial charge in [0.25, 0.3) is 0 Å². The summed E-state index contributed by atoms with van der Waals surface area (Å²) in [6.45, 7) is 0.901. The molecule has 1 heterocycles. The van der Waals surface area contributed by atoms with Crippen molar-refractivity contribution in [1.29, 1.82) is 0 Å². The normalized spacial score (nSPS) is 19.4. The molecule has 0 radical (unpaired) electrons. The van der Waals surface area contributed by atoms with Crippen LogP contribution in [0.3, 0.4) is 0 Å². The molecule has 2 rings (SSSR count). The average molecular weight is 252 g/mol. The van der Waals surface area contributed by atoms with Crippen LogP contribution in [0.2, 0.25) is 0 Å². The van der Waals surface area contributed by atoms with Gasteiger partial charge in [0.2, 0.25) is 0 Å². The number of hydrogen-bond acceptors (Lipinski definition) is 3. The van der Waals surface area contributed by atoms with Crippen LogP contribution in [0.4, 0.5) is 0 Å². The largest absolute Gasteiger partial charge is 0.478 e. The molecule has 1 atom stereocenters. The SMILES string of the molecule is O=C(O)c1ccc(CSCC2CCCO2)cc1. The van der Waals surface area contributed by atoms with Crippen LogP contribution in [0.15, 0.2) is 24.3 Å². The van der Waals surface area contributed by atoms with Crippen molar-refractivity contribution < 1.29 is 14.6 Å². The Morgan fingerprint density at radius 2 is 2.18 bits per heavy atom. The second-order valence-corrected chi connectivity index (χ2v) is 5.18. The van der Waals surface area contributed by atoms with Crippen LogP contribution >= 0.6 is 11.8 Å². The molecule has 1 aromatic carbocycles. The van der Waals surface area contributed by atoms with E-state index in [1.54, 1.807) is 12.1 Å². The molecular weight excluding hydrogens is 236 g/mol. The van der Waals surface area contributed by atoms with Gasteiger partial charge in [-0.2, -0.15) is 11.8 Å². The van der Waals surface area contributed by atoms with Gasteiger partial charge in [0.1, 0.15) is 0 Å². The molecule has 3 nitrogen and oxygen atoms in total. The highest BCUT2D eigenvalue weighted by Gasteiger charge is 2.14. The number of carboxylic acid groups (broad SMARTS) is 1. The van der Waals surface area contributed by atoms with E-state index in [-0.39, 0.29) is 0 Å². The minimum absolute atomic E-state index is 0.345. The lowest BCUT2D eigenvalue weighted by Crippen LogP contribution is -2.07. The third kappa shape index (κ3) is 3.75. The molecule has 1 saturated heterocycles. The van der Waals surface area contributed by atoms with Gasteiger partial charge in [0.05, 0.1) is 11.7 Å². The molecular formula is C13H16O3S. The monoisotopic (exact) mass is 252 g/mol. The Bertz CT molecular complexity index is 369. The van der Waals surface area contributed by atoms with Gasteiger partial charge in [-0.3, -0.25) is 0 Å². The third-order valence-corrected chi connectivity index (χ3v) is 3.94. The first kappa shape index (κ1) is 12.5. The molecule has 0 amide bonds. The summed E-state index contributed by atoms with van der Waals surface area (Å²) in [4.78, 5) is 10.7. The molecule has 0 aromatic heterocycles. The fourth-order valence-corrected chi connectivity index (χ4v) is 2.90. The zero-order chi connectivity index (χ0) is 12.1. The van der Waals surface area contributed by atoms with Crippen molar-refractivity contribution in [3.63, 3.8) is 0 Å². The fraction of sp³-hybridized carbons (Fsp3) is 0.462. The van der Waals surface area contributed by atoms with Crippen molar-refractivity contribution in [2.75, 3.05) is 12.4 Å². The summed E-state index contributed by atoms with van der Waals surface area (Å²) in [5.41, 5.74) is 1.51. The first-order chi connectivity index (χ1) is 8.25. The molecule has 4 heteroatoms. The van der Waals surface area contributed by atoms with Crippen LogP contribution in [-0.2, 0) is 10.5 Å². The van der Waals surface area contributed by atoms with Crippen molar-refractivity contribution in [3.8, 4) is 0 Å². The first-order valence-electron chi connectivity index (χ1n) is 5.77. The number of carbonyl (C=O) groups is 1. The van der Waals surface area contributed by atoms with Crippen molar-refractivity contribution in [1.82, 2.24) is 0 Å². The topological polar surface area (TPSA) is 46.5 Å². The van der Waals surface area contributed by atoms with Crippen LogP contribution in [0.5, 0.6) is 0 Å². The molecule has 1 aliphatic rings. The lowest BCUT2D eigenvalue weighted by atomic mass is 10.1. The summed E-state index contributed by atoms with van der Waals surface area (Å²) < 4.78 is 5.54. The summed E-state index contributed by atoms with van der Waals surface area (Å²) >= 11 is 1.85. The molecule has 0 spiro atoms. The lowest BCUT2D eigenvalue weighted by molar-refractivity contribution is 0.0697. The second kappa shape index (κ2) is 6.07. The third-order valence-electron chi connectivity index (χ3n) is 2.80. The zero-order valence-corrected chi connectivity index (χ0v) is 10.4. The summed E-state index contributed by atoms with van der Waals surface area (Å²) in [5.74, 6) is 1.07. The van der Waals surface area contributed by atoms with E-state index >= 15 is 0 Å². The van der Waals surface area contributed by atoms with Crippen molar-refractivity contribution in [3.05, 3.63) is 35.4 Å². The van der Waals surface area contributed by atoms with E-state index in [4.69, 9.17) is 9.84 Å². The number of aromatic carboxylic acids is 1. The maximum Gasteiger partial charge on any atom is 0.335 e. The van der Waals surface area contributed by atoms with Gasteiger partial charge >= 0.3 is 5.97 Å². The Morgan fingerprint density at radius 1 is 1.41 bits per heavy atom. The Hall–Kier alpha value is -1.00. The minimum Gasteiger partial charge on any atom is -0.478 e. The average Bonchev–Trinajstić information content (AvgIpc) is 2.83. The first-order valence-corrected chi connectivity index (χ1v) is 6.93. The van der Waals surface area contributed by atoms with Crippen molar-refractivity contribution >= 4 is 17.7 Å². The van der Waals surface area contributed by atoms with E-state index in [0.29, 0.717) is 11.7 Å². The van der Waals surface area contributed by atoms with Crippen molar-refractivity contribution in [2.45, 2.75) is 24.7 Å². The van der Waals surface area contributed by atoms with Gasteiger partial charge in [-0.05, 0) is 30.5 Å². The van der Waals surface area contributed by atoms with Crippen LogP contribution in [0.25, 0.3) is 0 Å². The molecule has 0 saturated carbocycles. The molecule has 1 aromatic rings. The number of rotatable bonds is 5. The van der Waals surface area contributed by atoms with Gasteiger partial charge in [-0.25, -0.2) is 4.79 Å². The summed E-state index contributed by atoms with van der Waals surface area (Å²) in [6, 6.07) is 7.08. The summed E-state index contributed by atoms with van der Waals surface area (Å²) in [7, 11) is 0. The number of thioether (sulfide) groups is 1. The van der Waals surface area contributed by atoms with E-state index in [2.05, 4.69) is 0 Å². The molecule has 0 aliphatic carbocycles. The van der Waals surface area contributed by atoms with Gasteiger partial charge in [0.15, 0.2) is 0 Å². The van der Waals surface area contributed by atoms with E-state index in [1.165, 1.54) is 12.8 Å². The standard InChI is InChI=1S/C13H16O3S/c14-13(15)11-5-3-10(4-6-11)8-17-9-12-2-1-7-16-12/h3-6,12H,1-2,7-9H2,(H,14,15). The Morgan fingerprint density at radius 3 is 2.76 bits per heavy atom. The van der Waals surface area contributed by atoms with E-state index in [9.17, 15) is 4.79 Å². The minimum atomic E-state index is -0.872. The Labute approximate surface area is 105 Å². The maximum absolute atomic E-state index is 10.7. The lowest BCUT2D eigenvalue weighted by Gasteiger charge is -2.08. The molecule has 92 valence electrons. The highest BCUT2D eigenvalue weighted by Crippen LogP contribution is 2.20. The van der Waals surface area contributed by atoms with Crippen LogP contribution in [-0.4, -0.2) is 29.5 Å².